The minimum atomic E-state index is -0.363. The summed E-state index contributed by atoms with van der Waals surface area (Å²) in [5, 5.41) is 3.12. The summed E-state index contributed by atoms with van der Waals surface area (Å²) in [6.07, 6.45) is 0. The van der Waals surface area contributed by atoms with E-state index in [1.54, 1.807) is 12.1 Å². The molecule has 4 rings (SSSR count). The molecule has 0 spiro atoms. The number of nitrogens with one attached hydrogen (secondary N) is 1. The zero-order chi connectivity index (χ0) is 16.7. The highest BCUT2D eigenvalue weighted by Crippen LogP contribution is 2.44. The fourth-order valence-corrected chi connectivity index (χ4v) is 3.70. The van der Waals surface area contributed by atoms with Crippen molar-refractivity contribution in [3.8, 4) is 5.75 Å². The van der Waals surface area contributed by atoms with Crippen LogP contribution in [-0.2, 0) is 4.74 Å². The molecule has 6 nitrogen and oxygen atoms in total. The molecule has 7 heteroatoms. The van der Waals surface area contributed by atoms with Crippen LogP contribution < -0.4 is 15.0 Å². The number of rotatable bonds is 3. The first-order valence-electron chi connectivity index (χ1n) is 8.39. The molecule has 3 aliphatic rings. The molecule has 1 N–H and O–H groups in total. The monoisotopic (exact) mass is 335 g/mol. The summed E-state index contributed by atoms with van der Waals surface area (Å²) in [6, 6.07) is 5.19. The van der Waals surface area contributed by atoms with Crippen LogP contribution in [0.3, 0.4) is 0 Å². The van der Waals surface area contributed by atoms with Crippen LogP contribution in [0.5, 0.6) is 5.75 Å². The van der Waals surface area contributed by atoms with Crippen LogP contribution in [-0.4, -0.2) is 63.5 Å². The van der Waals surface area contributed by atoms with Gasteiger partial charge in [0.1, 0.15) is 0 Å². The van der Waals surface area contributed by atoms with Crippen molar-refractivity contribution < 1.29 is 18.7 Å². The SMILES string of the molecule is COc1cc(N2CCN(C(=O)NC3[C@H]4COC[C@@H]34)CC2)ccc1F. The molecule has 1 saturated carbocycles. The van der Waals surface area contributed by atoms with Crippen molar-refractivity contribution >= 4 is 11.7 Å². The summed E-state index contributed by atoms with van der Waals surface area (Å²) in [4.78, 5) is 16.4. The molecule has 0 radical (unpaired) electrons. The van der Waals surface area contributed by atoms with E-state index >= 15 is 0 Å². The van der Waals surface area contributed by atoms with Crippen LogP contribution >= 0.6 is 0 Å². The van der Waals surface area contributed by atoms with Gasteiger partial charge in [0.15, 0.2) is 11.6 Å². The molecule has 1 unspecified atom stereocenters. The Morgan fingerprint density at radius 2 is 1.96 bits per heavy atom. The Labute approximate surface area is 140 Å². The lowest BCUT2D eigenvalue weighted by molar-refractivity contribution is 0.152. The Kier molecular flexibility index (Phi) is 3.96. The smallest absolute Gasteiger partial charge is 0.317 e. The van der Waals surface area contributed by atoms with Gasteiger partial charge in [-0.3, -0.25) is 0 Å². The van der Waals surface area contributed by atoms with E-state index in [2.05, 4.69) is 10.2 Å². The summed E-state index contributed by atoms with van der Waals surface area (Å²) >= 11 is 0. The van der Waals surface area contributed by atoms with Gasteiger partial charge in [-0.25, -0.2) is 9.18 Å². The van der Waals surface area contributed by atoms with Gasteiger partial charge in [0, 0.05) is 55.8 Å². The number of halogens is 1. The number of benzene rings is 1. The number of fused-ring (bicyclic) bond motifs is 1. The first-order valence-corrected chi connectivity index (χ1v) is 8.39. The molecule has 130 valence electrons. The van der Waals surface area contributed by atoms with Crippen molar-refractivity contribution in [1.82, 2.24) is 10.2 Å². The summed E-state index contributed by atoms with van der Waals surface area (Å²) in [5.74, 6) is 0.914. The van der Waals surface area contributed by atoms with E-state index in [9.17, 15) is 9.18 Å². The van der Waals surface area contributed by atoms with Crippen molar-refractivity contribution in [3.05, 3.63) is 24.0 Å². The molecule has 3 fully saturated rings. The Morgan fingerprint density at radius 3 is 2.62 bits per heavy atom. The highest BCUT2D eigenvalue weighted by Gasteiger charge is 2.55. The Morgan fingerprint density at radius 1 is 1.25 bits per heavy atom. The van der Waals surface area contributed by atoms with E-state index in [4.69, 9.17) is 9.47 Å². The summed E-state index contributed by atoms with van der Waals surface area (Å²) in [6.45, 7) is 4.31. The second kappa shape index (κ2) is 6.12. The second-order valence-corrected chi connectivity index (χ2v) is 6.63. The molecule has 2 heterocycles. The fraction of sp³-hybridized carbons (Fsp3) is 0.588. The largest absolute Gasteiger partial charge is 0.494 e. The number of ether oxygens (including phenoxy) is 2. The molecule has 2 aliphatic heterocycles. The summed E-state index contributed by atoms with van der Waals surface area (Å²) in [5.41, 5.74) is 0.919. The molecule has 3 atom stereocenters. The highest BCUT2D eigenvalue weighted by molar-refractivity contribution is 5.75. The minimum absolute atomic E-state index is 0.0192. The number of piperazine rings is 1. The first-order chi connectivity index (χ1) is 11.7. The van der Waals surface area contributed by atoms with Crippen LogP contribution in [0, 0.1) is 17.7 Å². The third-order valence-corrected chi connectivity index (χ3v) is 5.31. The van der Waals surface area contributed by atoms with Crippen molar-refractivity contribution in [3.63, 3.8) is 0 Å². The van der Waals surface area contributed by atoms with E-state index in [1.165, 1.54) is 13.2 Å². The third kappa shape index (κ3) is 2.77. The predicted molar refractivity (Wildman–Crippen MR) is 86.9 cm³/mol. The van der Waals surface area contributed by atoms with Crippen LogP contribution in [0.2, 0.25) is 0 Å². The molecule has 0 aromatic heterocycles. The lowest BCUT2D eigenvalue weighted by atomic mass is 10.2. The van der Waals surface area contributed by atoms with Crippen LogP contribution in [0.15, 0.2) is 18.2 Å². The number of hydrogen-bond acceptors (Lipinski definition) is 4. The average Bonchev–Trinajstić information content (AvgIpc) is 3.04. The third-order valence-electron chi connectivity index (χ3n) is 5.31. The average molecular weight is 335 g/mol. The predicted octanol–water partition coefficient (Wildman–Crippen LogP) is 1.31. The van der Waals surface area contributed by atoms with Gasteiger partial charge in [-0.2, -0.15) is 0 Å². The number of amides is 2. The van der Waals surface area contributed by atoms with Crippen molar-refractivity contribution in [1.29, 1.82) is 0 Å². The van der Waals surface area contributed by atoms with Crippen molar-refractivity contribution in [2.45, 2.75) is 6.04 Å². The van der Waals surface area contributed by atoms with Crippen LogP contribution in [0.1, 0.15) is 0 Å². The Bertz CT molecular complexity index is 624. The maximum atomic E-state index is 13.5. The second-order valence-electron chi connectivity index (χ2n) is 6.63. The number of anilines is 1. The number of methoxy groups -OCH3 is 1. The first kappa shape index (κ1) is 15.5. The van der Waals surface area contributed by atoms with Gasteiger partial charge in [0.2, 0.25) is 0 Å². The maximum absolute atomic E-state index is 13.5. The van der Waals surface area contributed by atoms with E-state index in [0.717, 1.165) is 32.0 Å². The minimum Gasteiger partial charge on any atom is -0.494 e. The Hall–Kier alpha value is -2.02. The van der Waals surface area contributed by atoms with Gasteiger partial charge in [-0.15, -0.1) is 0 Å². The van der Waals surface area contributed by atoms with E-state index in [1.807, 2.05) is 4.90 Å². The normalized spacial score (nSPS) is 28.5. The van der Waals surface area contributed by atoms with E-state index in [-0.39, 0.29) is 17.6 Å². The lowest BCUT2D eigenvalue weighted by Gasteiger charge is -2.36. The number of carbonyl (C=O) groups excluding carboxylic acids is 1. The van der Waals surface area contributed by atoms with Crippen LogP contribution in [0.25, 0.3) is 0 Å². The number of urea groups is 1. The zero-order valence-corrected chi connectivity index (χ0v) is 13.7. The molecular weight excluding hydrogens is 313 g/mol. The van der Waals surface area contributed by atoms with Gasteiger partial charge in [0.25, 0.3) is 0 Å². The molecule has 2 amide bonds. The molecule has 0 bridgehead atoms. The summed E-state index contributed by atoms with van der Waals surface area (Å²) < 4.78 is 23.9. The molecule has 1 aromatic carbocycles. The van der Waals surface area contributed by atoms with E-state index < -0.39 is 0 Å². The topological polar surface area (TPSA) is 54.0 Å². The van der Waals surface area contributed by atoms with Gasteiger partial charge < -0.3 is 24.6 Å². The molecule has 1 aromatic rings. The molecular formula is C17H22FN3O3. The van der Waals surface area contributed by atoms with Gasteiger partial charge in [-0.05, 0) is 12.1 Å². The summed E-state index contributed by atoms with van der Waals surface area (Å²) in [7, 11) is 1.46. The molecule has 1 aliphatic carbocycles. The number of nitrogens with zero attached hydrogens (tertiary/aromatic N) is 2. The van der Waals surface area contributed by atoms with Crippen LogP contribution in [0.4, 0.5) is 14.9 Å². The fourth-order valence-electron chi connectivity index (χ4n) is 3.70. The quantitative estimate of drug-likeness (QED) is 0.905. The standard InChI is InChI=1S/C17H22FN3O3/c1-23-15-8-11(2-3-14(15)18)20-4-6-21(7-5-20)17(22)19-16-12-9-24-10-13(12)16/h2-3,8,12-13,16H,4-7,9-10H2,1H3,(H,19,22)/t12-,13+,16?. The number of carbonyl (C=O) groups is 1. The van der Waals surface area contributed by atoms with Gasteiger partial charge in [0.05, 0.1) is 20.3 Å². The van der Waals surface area contributed by atoms with Gasteiger partial charge >= 0.3 is 6.03 Å². The van der Waals surface area contributed by atoms with E-state index in [0.29, 0.717) is 31.0 Å². The molecule has 2 saturated heterocycles. The number of hydrogen-bond donors (Lipinski definition) is 1. The van der Waals surface area contributed by atoms with Crippen molar-refractivity contribution in [2.75, 3.05) is 51.4 Å². The maximum Gasteiger partial charge on any atom is 0.317 e. The lowest BCUT2D eigenvalue weighted by Crippen LogP contribution is -2.52. The van der Waals surface area contributed by atoms with Gasteiger partial charge in [-0.1, -0.05) is 0 Å². The Balaban J connectivity index is 1.31. The zero-order valence-electron chi connectivity index (χ0n) is 13.7. The molecule has 24 heavy (non-hydrogen) atoms. The highest BCUT2D eigenvalue weighted by atomic mass is 19.1. The van der Waals surface area contributed by atoms with Crippen molar-refractivity contribution in [2.24, 2.45) is 11.8 Å².